The van der Waals surface area contributed by atoms with Crippen LogP contribution in [-0.4, -0.2) is 37.7 Å². The van der Waals surface area contributed by atoms with Gasteiger partial charge >= 0.3 is 0 Å². The van der Waals surface area contributed by atoms with Gasteiger partial charge in [-0.1, -0.05) is 24.9 Å². The van der Waals surface area contributed by atoms with E-state index in [0.717, 1.165) is 18.7 Å². The highest BCUT2D eigenvalue weighted by Gasteiger charge is 2.17. The average molecular weight is 266 g/mol. The molecule has 1 N–H and O–H groups in total. The van der Waals surface area contributed by atoms with Crippen LogP contribution < -0.4 is 9.46 Å². The van der Waals surface area contributed by atoms with Gasteiger partial charge in [-0.25, -0.2) is 0 Å². The van der Waals surface area contributed by atoms with Gasteiger partial charge in [-0.2, -0.15) is 0 Å². The van der Waals surface area contributed by atoms with Gasteiger partial charge in [0.05, 0.1) is 7.11 Å². The average Bonchev–Trinajstić information content (AvgIpc) is 2.46. The van der Waals surface area contributed by atoms with Gasteiger partial charge in [0, 0.05) is 12.6 Å². The molecule has 0 aromatic heterocycles. The van der Waals surface area contributed by atoms with Gasteiger partial charge in [0.25, 0.3) is 0 Å². The van der Waals surface area contributed by atoms with Crippen molar-refractivity contribution in [3.63, 3.8) is 0 Å². The summed E-state index contributed by atoms with van der Waals surface area (Å²) in [5.74, 6) is 0.930. The largest absolute Gasteiger partial charge is 0.497 e. The van der Waals surface area contributed by atoms with Gasteiger partial charge in [-0.15, -0.1) is 0 Å². The molecule has 0 unspecified atom stereocenters. The lowest BCUT2D eigenvalue weighted by Gasteiger charge is -2.31. The molecule has 1 aliphatic rings. The van der Waals surface area contributed by atoms with Crippen LogP contribution >= 0.6 is 12.8 Å². The Balaban J connectivity index is 1.74. The van der Waals surface area contributed by atoms with Crippen LogP contribution in [0.5, 0.6) is 5.75 Å². The Labute approximate surface area is 115 Å². The minimum absolute atomic E-state index is 0.588. The molecule has 3 nitrogen and oxygen atoms in total. The number of hydrogen-bond acceptors (Lipinski definition) is 4. The number of hydrogen-bond donors (Lipinski definition) is 2. The highest BCUT2D eigenvalue weighted by molar-refractivity contribution is 7.78. The van der Waals surface area contributed by atoms with Crippen molar-refractivity contribution in [2.24, 2.45) is 0 Å². The number of nitrogens with zero attached hydrogens (tertiary/aromatic N) is 1. The highest BCUT2D eigenvalue weighted by atomic mass is 32.1. The summed E-state index contributed by atoms with van der Waals surface area (Å²) in [7, 11) is 1.70. The third kappa shape index (κ3) is 3.90. The second-order valence-corrected chi connectivity index (χ2v) is 5.10. The van der Waals surface area contributed by atoms with Crippen molar-refractivity contribution in [3.05, 3.63) is 29.8 Å². The van der Waals surface area contributed by atoms with E-state index in [-0.39, 0.29) is 0 Å². The molecule has 0 spiro atoms. The Hall–Kier alpha value is -0.710. The molecule has 4 heteroatoms. The SMILES string of the molecule is COc1ccc(CCN2CCC(NS)CC2)cc1. The Kier molecular flexibility index (Phi) is 5.35. The van der Waals surface area contributed by atoms with Crippen molar-refractivity contribution in [2.75, 3.05) is 26.7 Å². The van der Waals surface area contributed by atoms with Crippen molar-refractivity contribution in [3.8, 4) is 5.75 Å². The van der Waals surface area contributed by atoms with E-state index < -0.39 is 0 Å². The highest BCUT2D eigenvalue weighted by Crippen LogP contribution is 2.14. The maximum atomic E-state index is 5.16. The second-order valence-electron chi connectivity index (χ2n) is 4.84. The summed E-state index contributed by atoms with van der Waals surface area (Å²) < 4.78 is 8.23. The van der Waals surface area contributed by atoms with Crippen LogP contribution in [0, 0.1) is 0 Å². The summed E-state index contributed by atoms with van der Waals surface area (Å²) in [6.07, 6.45) is 3.52. The van der Waals surface area contributed by atoms with Crippen molar-refractivity contribution < 1.29 is 4.74 Å². The van der Waals surface area contributed by atoms with E-state index in [2.05, 4.69) is 34.6 Å². The Bertz CT molecular complexity index is 347. The Morgan fingerprint density at radius 3 is 2.50 bits per heavy atom. The summed E-state index contributed by atoms with van der Waals surface area (Å²) >= 11 is 4.14. The maximum absolute atomic E-state index is 5.16. The minimum atomic E-state index is 0.588. The first kappa shape index (κ1) is 13.7. The van der Waals surface area contributed by atoms with Crippen LogP contribution in [0.3, 0.4) is 0 Å². The summed E-state index contributed by atoms with van der Waals surface area (Å²) in [5, 5.41) is 0. The smallest absolute Gasteiger partial charge is 0.118 e. The number of methoxy groups -OCH3 is 1. The molecule has 0 bridgehead atoms. The van der Waals surface area contributed by atoms with Gasteiger partial charge in [0.1, 0.15) is 5.75 Å². The van der Waals surface area contributed by atoms with E-state index in [1.165, 1.54) is 31.5 Å². The van der Waals surface area contributed by atoms with Crippen LogP contribution in [0.15, 0.2) is 24.3 Å². The first-order chi connectivity index (χ1) is 8.81. The molecule has 0 aliphatic carbocycles. The summed E-state index contributed by atoms with van der Waals surface area (Å²) in [6.45, 7) is 3.49. The number of benzene rings is 1. The number of rotatable bonds is 5. The van der Waals surface area contributed by atoms with Crippen LogP contribution in [-0.2, 0) is 6.42 Å². The van der Waals surface area contributed by atoms with E-state index in [1.54, 1.807) is 7.11 Å². The first-order valence-electron chi connectivity index (χ1n) is 6.56. The van der Waals surface area contributed by atoms with Crippen LogP contribution in [0.1, 0.15) is 18.4 Å². The molecule has 1 aliphatic heterocycles. The number of ether oxygens (including phenoxy) is 1. The summed E-state index contributed by atoms with van der Waals surface area (Å²) in [5.41, 5.74) is 1.38. The Morgan fingerprint density at radius 2 is 1.94 bits per heavy atom. The summed E-state index contributed by atoms with van der Waals surface area (Å²) in [4.78, 5) is 2.53. The molecular weight excluding hydrogens is 244 g/mol. The predicted octanol–water partition coefficient (Wildman–Crippen LogP) is 2.14. The van der Waals surface area contributed by atoms with Gasteiger partial charge < -0.3 is 9.64 Å². The third-order valence-corrected chi connectivity index (χ3v) is 4.01. The normalized spacial score (nSPS) is 17.9. The summed E-state index contributed by atoms with van der Waals surface area (Å²) in [6, 6.07) is 8.96. The number of piperidine rings is 1. The van der Waals surface area contributed by atoms with Crippen LogP contribution in [0.25, 0.3) is 0 Å². The fourth-order valence-electron chi connectivity index (χ4n) is 2.37. The first-order valence-corrected chi connectivity index (χ1v) is 7.01. The number of likely N-dealkylation sites (tertiary alicyclic amines) is 1. The third-order valence-electron chi connectivity index (χ3n) is 3.65. The van der Waals surface area contributed by atoms with Gasteiger partial charge in [0.15, 0.2) is 0 Å². The van der Waals surface area contributed by atoms with Crippen molar-refractivity contribution in [1.82, 2.24) is 9.62 Å². The van der Waals surface area contributed by atoms with E-state index in [4.69, 9.17) is 4.74 Å². The molecule has 1 aromatic rings. The van der Waals surface area contributed by atoms with Crippen LogP contribution in [0.4, 0.5) is 0 Å². The van der Waals surface area contributed by atoms with Crippen molar-refractivity contribution >= 4 is 12.8 Å². The number of nitrogens with one attached hydrogen (secondary N) is 1. The zero-order valence-corrected chi connectivity index (χ0v) is 11.8. The fourth-order valence-corrected chi connectivity index (χ4v) is 2.62. The van der Waals surface area contributed by atoms with Gasteiger partial charge in [-0.3, -0.25) is 4.72 Å². The molecular formula is C14H22N2OS. The molecule has 100 valence electrons. The Morgan fingerprint density at radius 1 is 1.28 bits per heavy atom. The molecule has 0 radical (unpaired) electrons. The standard InChI is InChI=1S/C14H22N2OS/c1-17-14-4-2-12(3-5-14)6-9-16-10-7-13(15-18)8-11-16/h2-5,13,15,18H,6-11H2,1H3. The van der Waals surface area contributed by atoms with Crippen LogP contribution in [0.2, 0.25) is 0 Å². The second kappa shape index (κ2) is 7.02. The van der Waals surface area contributed by atoms with E-state index in [9.17, 15) is 0 Å². The van der Waals surface area contributed by atoms with E-state index in [0.29, 0.717) is 6.04 Å². The van der Waals surface area contributed by atoms with Gasteiger partial charge in [-0.05, 0) is 50.0 Å². The lowest BCUT2D eigenvalue weighted by molar-refractivity contribution is 0.211. The molecule has 1 saturated heterocycles. The monoisotopic (exact) mass is 266 g/mol. The zero-order valence-electron chi connectivity index (χ0n) is 10.9. The van der Waals surface area contributed by atoms with Crippen molar-refractivity contribution in [1.29, 1.82) is 0 Å². The minimum Gasteiger partial charge on any atom is -0.497 e. The molecule has 1 aromatic carbocycles. The molecule has 0 saturated carbocycles. The molecule has 1 heterocycles. The molecule has 18 heavy (non-hydrogen) atoms. The molecule has 0 atom stereocenters. The molecule has 0 amide bonds. The van der Waals surface area contributed by atoms with E-state index in [1.807, 2.05) is 12.1 Å². The predicted molar refractivity (Wildman–Crippen MR) is 78.3 cm³/mol. The quantitative estimate of drug-likeness (QED) is 0.799. The van der Waals surface area contributed by atoms with E-state index >= 15 is 0 Å². The van der Waals surface area contributed by atoms with Gasteiger partial charge in [0.2, 0.25) is 0 Å². The topological polar surface area (TPSA) is 24.5 Å². The van der Waals surface area contributed by atoms with Crippen molar-refractivity contribution in [2.45, 2.75) is 25.3 Å². The molecule has 2 rings (SSSR count). The lowest BCUT2D eigenvalue weighted by Crippen LogP contribution is -2.40. The zero-order chi connectivity index (χ0) is 12.8. The maximum Gasteiger partial charge on any atom is 0.118 e. The molecule has 1 fully saturated rings. The lowest BCUT2D eigenvalue weighted by atomic mass is 10.1. The fraction of sp³-hybridized carbons (Fsp3) is 0.571. The number of thiol groups is 1.